The molecule has 1 aromatic carbocycles. The van der Waals surface area contributed by atoms with E-state index in [0.717, 1.165) is 0 Å². The Balaban J connectivity index is 2.52. The number of aromatic nitrogens is 1. The summed E-state index contributed by atoms with van der Waals surface area (Å²) in [5.74, 6) is 1.26. The smallest absolute Gasteiger partial charge is 0.418 e. The molecule has 0 aliphatic heterocycles. The minimum atomic E-state index is -0.566. The molecule has 1 aromatic heterocycles. The maximum absolute atomic E-state index is 12.4. The SMILES string of the molecule is COc1cccc(OC)c1-c1cccn1C(=O)OC(C)(C)C. The van der Waals surface area contributed by atoms with Gasteiger partial charge in [0.1, 0.15) is 17.1 Å². The quantitative estimate of drug-likeness (QED) is 0.861. The Morgan fingerprint density at radius 3 is 2.09 bits per heavy atom. The van der Waals surface area contributed by atoms with Gasteiger partial charge in [-0.1, -0.05) is 6.07 Å². The largest absolute Gasteiger partial charge is 0.496 e. The van der Waals surface area contributed by atoms with Crippen LogP contribution in [0.5, 0.6) is 11.5 Å². The number of rotatable bonds is 3. The van der Waals surface area contributed by atoms with Crippen LogP contribution in [0.1, 0.15) is 20.8 Å². The van der Waals surface area contributed by atoms with Gasteiger partial charge in [-0.15, -0.1) is 0 Å². The molecule has 0 aliphatic carbocycles. The Hall–Kier alpha value is -2.43. The van der Waals surface area contributed by atoms with Crippen LogP contribution in [0.4, 0.5) is 4.79 Å². The molecule has 0 atom stereocenters. The lowest BCUT2D eigenvalue weighted by atomic mass is 10.1. The molecule has 0 bridgehead atoms. The van der Waals surface area contributed by atoms with Crippen LogP contribution in [0.25, 0.3) is 11.3 Å². The predicted molar refractivity (Wildman–Crippen MR) is 84.6 cm³/mol. The molecule has 2 aromatic rings. The summed E-state index contributed by atoms with van der Waals surface area (Å²) in [5, 5.41) is 0. The van der Waals surface area contributed by atoms with Crippen LogP contribution in [0, 0.1) is 0 Å². The number of carbonyl (C=O) groups excluding carboxylic acids is 1. The Bertz CT molecular complexity index is 645. The highest BCUT2D eigenvalue weighted by atomic mass is 16.6. The molecule has 0 saturated carbocycles. The standard InChI is InChI=1S/C17H21NO4/c1-17(2,3)22-16(19)18-11-7-8-12(18)15-13(20-4)9-6-10-14(15)21-5/h6-11H,1-5H3. The second-order valence-electron chi connectivity index (χ2n) is 5.78. The first-order valence-corrected chi connectivity index (χ1v) is 6.99. The summed E-state index contributed by atoms with van der Waals surface area (Å²) in [5.41, 5.74) is 0.802. The van der Waals surface area contributed by atoms with Gasteiger partial charge >= 0.3 is 6.09 Å². The fourth-order valence-corrected chi connectivity index (χ4v) is 2.16. The van der Waals surface area contributed by atoms with Gasteiger partial charge in [-0.05, 0) is 45.0 Å². The van der Waals surface area contributed by atoms with Gasteiger partial charge in [-0.2, -0.15) is 0 Å². The van der Waals surface area contributed by atoms with Crippen LogP contribution in [0.3, 0.4) is 0 Å². The summed E-state index contributed by atoms with van der Waals surface area (Å²) in [7, 11) is 3.16. The molecule has 118 valence electrons. The van der Waals surface area contributed by atoms with Crippen molar-refractivity contribution in [2.24, 2.45) is 0 Å². The third-order valence-electron chi connectivity index (χ3n) is 3.02. The average molecular weight is 303 g/mol. The number of methoxy groups -OCH3 is 2. The molecule has 0 N–H and O–H groups in total. The van der Waals surface area contributed by atoms with Crippen LogP contribution in [0.15, 0.2) is 36.5 Å². The number of hydrogen-bond donors (Lipinski definition) is 0. The fraction of sp³-hybridized carbons (Fsp3) is 0.353. The van der Waals surface area contributed by atoms with E-state index in [-0.39, 0.29) is 0 Å². The zero-order valence-electron chi connectivity index (χ0n) is 13.5. The monoisotopic (exact) mass is 303 g/mol. The molecule has 0 unspecified atom stereocenters. The molecule has 0 saturated heterocycles. The number of ether oxygens (including phenoxy) is 3. The van der Waals surface area contributed by atoms with Gasteiger partial charge in [-0.25, -0.2) is 4.79 Å². The summed E-state index contributed by atoms with van der Waals surface area (Å²) in [4.78, 5) is 12.4. The van der Waals surface area contributed by atoms with Gasteiger partial charge in [-0.3, -0.25) is 4.57 Å². The first-order chi connectivity index (χ1) is 10.4. The minimum absolute atomic E-state index is 0.444. The summed E-state index contributed by atoms with van der Waals surface area (Å²) in [6.07, 6.45) is 1.22. The Labute approximate surface area is 130 Å². The van der Waals surface area contributed by atoms with Crippen molar-refractivity contribution in [3.63, 3.8) is 0 Å². The van der Waals surface area contributed by atoms with Crippen LogP contribution < -0.4 is 9.47 Å². The number of carbonyl (C=O) groups is 1. The highest BCUT2D eigenvalue weighted by molar-refractivity contribution is 5.83. The molecule has 5 nitrogen and oxygen atoms in total. The topological polar surface area (TPSA) is 49.7 Å². The van der Waals surface area contributed by atoms with E-state index in [1.165, 1.54) is 4.57 Å². The lowest BCUT2D eigenvalue weighted by molar-refractivity contribution is 0.0540. The van der Waals surface area contributed by atoms with Crippen LogP contribution >= 0.6 is 0 Å². The normalized spacial score (nSPS) is 11.1. The lowest BCUT2D eigenvalue weighted by Gasteiger charge is -2.21. The Morgan fingerprint density at radius 2 is 1.59 bits per heavy atom. The number of nitrogens with zero attached hydrogens (tertiary/aromatic N) is 1. The van der Waals surface area contributed by atoms with E-state index in [9.17, 15) is 4.79 Å². The van der Waals surface area contributed by atoms with Crippen molar-refractivity contribution >= 4 is 6.09 Å². The Morgan fingerprint density at radius 1 is 1.00 bits per heavy atom. The molecule has 0 fully saturated rings. The van der Waals surface area contributed by atoms with Crippen molar-refractivity contribution in [3.8, 4) is 22.8 Å². The van der Waals surface area contributed by atoms with Gasteiger partial charge in [0.05, 0.1) is 25.5 Å². The van der Waals surface area contributed by atoms with Gasteiger partial charge in [0.15, 0.2) is 0 Å². The highest BCUT2D eigenvalue weighted by Gasteiger charge is 2.22. The third kappa shape index (κ3) is 3.24. The van der Waals surface area contributed by atoms with E-state index in [1.54, 1.807) is 26.5 Å². The summed E-state index contributed by atoms with van der Waals surface area (Å²) >= 11 is 0. The molecule has 5 heteroatoms. The highest BCUT2D eigenvalue weighted by Crippen LogP contribution is 2.38. The van der Waals surface area contributed by atoms with Gasteiger partial charge < -0.3 is 14.2 Å². The molecular weight excluding hydrogens is 282 g/mol. The van der Waals surface area contributed by atoms with Gasteiger partial charge in [0, 0.05) is 6.20 Å². The van der Waals surface area contributed by atoms with Crippen molar-refractivity contribution < 1.29 is 19.0 Å². The molecule has 22 heavy (non-hydrogen) atoms. The zero-order chi connectivity index (χ0) is 16.3. The van der Waals surface area contributed by atoms with E-state index in [0.29, 0.717) is 22.8 Å². The Kier molecular flexibility index (Phi) is 4.45. The minimum Gasteiger partial charge on any atom is -0.496 e. The molecule has 0 amide bonds. The van der Waals surface area contributed by atoms with Crippen molar-refractivity contribution in [2.75, 3.05) is 14.2 Å². The van der Waals surface area contributed by atoms with Crippen molar-refractivity contribution in [1.29, 1.82) is 0 Å². The number of hydrogen-bond acceptors (Lipinski definition) is 4. The van der Waals surface area contributed by atoms with E-state index in [2.05, 4.69) is 0 Å². The van der Waals surface area contributed by atoms with Gasteiger partial charge in [0.25, 0.3) is 0 Å². The second kappa shape index (κ2) is 6.13. The number of benzene rings is 1. The maximum Gasteiger partial charge on any atom is 0.418 e. The average Bonchev–Trinajstić information content (AvgIpc) is 2.93. The zero-order valence-corrected chi connectivity index (χ0v) is 13.5. The summed E-state index contributed by atoms with van der Waals surface area (Å²) in [6, 6.07) is 9.09. The molecular formula is C17H21NO4. The van der Waals surface area contributed by atoms with E-state index < -0.39 is 11.7 Å². The van der Waals surface area contributed by atoms with Crippen LogP contribution in [0.2, 0.25) is 0 Å². The molecule has 0 spiro atoms. The maximum atomic E-state index is 12.4. The van der Waals surface area contributed by atoms with E-state index in [1.807, 2.05) is 45.0 Å². The van der Waals surface area contributed by atoms with Crippen molar-refractivity contribution in [3.05, 3.63) is 36.5 Å². The van der Waals surface area contributed by atoms with Crippen LogP contribution in [-0.2, 0) is 4.74 Å². The molecule has 0 radical (unpaired) electrons. The summed E-state index contributed by atoms with van der Waals surface area (Å²) < 4.78 is 17.7. The van der Waals surface area contributed by atoms with Crippen molar-refractivity contribution in [1.82, 2.24) is 4.57 Å². The predicted octanol–water partition coefficient (Wildman–Crippen LogP) is 3.96. The fourth-order valence-electron chi connectivity index (χ4n) is 2.16. The second-order valence-corrected chi connectivity index (χ2v) is 5.78. The van der Waals surface area contributed by atoms with E-state index in [4.69, 9.17) is 14.2 Å². The van der Waals surface area contributed by atoms with Gasteiger partial charge in [0.2, 0.25) is 0 Å². The first-order valence-electron chi connectivity index (χ1n) is 6.99. The molecule has 1 heterocycles. The lowest BCUT2D eigenvalue weighted by Crippen LogP contribution is -2.27. The first kappa shape index (κ1) is 15.9. The van der Waals surface area contributed by atoms with Crippen LogP contribution in [-0.4, -0.2) is 30.5 Å². The van der Waals surface area contributed by atoms with E-state index >= 15 is 0 Å². The summed E-state index contributed by atoms with van der Waals surface area (Å²) in [6.45, 7) is 5.49. The third-order valence-corrected chi connectivity index (χ3v) is 3.02. The van der Waals surface area contributed by atoms with Crippen molar-refractivity contribution in [2.45, 2.75) is 26.4 Å². The molecule has 2 rings (SSSR count). The molecule has 0 aliphatic rings.